The van der Waals surface area contributed by atoms with Crippen LogP contribution in [0.25, 0.3) is 0 Å². The number of ether oxygens (including phenoxy) is 1. The summed E-state index contributed by atoms with van der Waals surface area (Å²) in [7, 11) is 0. The van der Waals surface area contributed by atoms with Gasteiger partial charge >= 0.3 is 5.97 Å². The third kappa shape index (κ3) is 8.03. The molecule has 3 aromatic carbocycles. The number of hydrogen-bond acceptors (Lipinski definition) is 4. The molecule has 0 aliphatic rings. The molecule has 0 aliphatic carbocycles. The quantitative estimate of drug-likeness (QED) is 0.196. The van der Waals surface area contributed by atoms with Crippen LogP contribution in [-0.2, 0) is 11.2 Å². The van der Waals surface area contributed by atoms with Gasteiger partial charge in [-0.05, 0) is 66.6 Å². The average Bonchev–Trinajstić information content (AvgIpc) is 3.00. The summed E-state index contributed by atoms with van der Waals surface area (Å²) in [4.78, 5) is 31.0. The van der Waals surface area contributed by atoms with Crippen LogP contribution in [0, 0.1) is 0 Å². The van der Waals surface area contributed by atoms with Crippen molar-refractivity contribution in [1.29, 1.82) is 0 Å². The van der Waals surface area contributed by atoms with E-state index in [2.05, 4.69) is 53.5 Å². The maximum Gasteiger partial charge on any atom is 0.344 e. The predicted octanol–water partition coefficient (Wildman–Crippen LogP) is 6.62. The van der Waals surface area contributed by atoms with Gasteiger partial charge in [0.1, 0.15) is 5.75 Å². The summed E-state index contributed by atoms with van der Waals surface area (Å²) < 4.78 is 5.67. The van der Waals surface area contributed by atoms with Gasteiger partial charge < -0.3 is 14.7 Å². The number of aliphatic carboxylic acids is 1. The molecule has 0 saturated carbocycles. The molecule has 1 amide bonds. The first-order chi connectivity index (χ1) is 19.5. The van der Waals surface area contributed by atoms with Crippen molar-refractivity contribution < 1.29 is 19.4 Å². The molecule has 0 saturated heterocycles. The molecule has 1 atom stereocenters. The van der Waals surface area contributed by atoms with Gasteiger partial charge in [-0.25, -0.2) is 4.79 Å². The van der Waals surface area contributed by atoms with Gasteiger partial charge in [0.15, 0.2) is 6.10 Å². The van der Waals surface area contributed by atoms with Crippen LogP contribution in [0.1, 0.15) is 59.2 Å². The maximum absolute atomic E-state index is 13.6. The highest BCUT2D eigenvalue weighted by molar-refractivity contribution is 5.93. The summed E-state index contributed by atoms with van der Waals surface area (Å²) in [6.07, 6.45) is 5.09. The van der Waals surface area contributed by atoms with Crippen LogP contribution in [0.5, 0.6) is 5.75 Å². The van der Waals surface area contributed by atoms with E-state index in [1.54, 1.807) is 31.5 Å². The monoisotopic (exact) mass is 536 g/mol. The Morgan fingerprint density at radius 1 is 0.875 bits per heavy atom. The van der Waals surface area contributed by atoms with E-state index in [1.165, 1.54) is 11.1 Å². The lowest BCUT2D eigenvalue weighted by Crippen LogP contribution is -2.34. The van der Waals surface area contributed by atoms with Gasteiger partial charge in [0.25, 0.3) is 5.91 Å². The Morgan fingerprint density at radius 2 is 1.57 bits per heavy atom. The van der Waals surface area contributed by atoms with Crippen LogP contribution in [0.2, 0.25) is 0 Å². The van der Waals surface area contributed by atoms with E-state index in [9.17, 15) is 14.7 Å². The van der Waals surface area contributed by atoms with E-state index in [4.69, 9.17) is 4.74 Å². The second-order valence-corrected chi connectivity index (χ2v) is 9.80. The van der Waals surface area contributed by atoms with Crippen LogP contribution in [0.3, 0.4) is 0 Å². The van der Waals surface area contributed by atoms with Gasteiger partial charge in [0.2, 0.25) is 0 Å². The number of carbonyl (C=O) groups is 2. The van der Waals surface area contributed by atoms with Crippen molar-refractivity contribution in [1.82, 2.24) is 9.88 Å². The first-order valence-electron chi connectivity index (χ1n) is 13.8. The van der Waals surface area contributed by atoms with Crippen LogP contribution in [0.4, 0.5) is 0 Å². The minimum absolute atomic E-state index is 0.0303. The SMILES string of the molecule is CCC(Oc1cccc(CCCN(CCC(c2ccccc2)c2ccccc2)C(=O)c2cccnc2)c1)C(=O)O. The Hall–Kier alpha value is -4.45. The molecular weight excluding hydrogens is 500 g/mol. The topological polar surface area (TPSA) is 79.7 Å². The molecule has 6 heteroatoms. The fourth-order valence-electron chi connectivity index (χ4n) is 4.89. The number of carbonyl (C=O) groups excluding carboxylic acids is 1. The van der Waals surface area contributed by atoms with Crippen molar-refractivity contribution in [3.05, 3.63) is 132 Å². The third-order valence-electron chi connectivity index (χ3n) is 7.00. The zero-order chi connectivity index (χ0) is 28.2. The highest BCUT2D eigenvalue weighted by Gasteiger charge is 2.20. The van der Waals surface area contributed by atoms with Gasteiger partial charge in [-0.15, -0.1) is 0 Å². The minimum atomic E-state index is -0.971. The van der Waals surface area contributed by atoms with E-state index < -0.39 is 12.1 Å². The zero-order valence-electron chi connectivity index (χ0n) is 22.9. The molecule has 4 rings (SSSR count). The summed E-state index contributed by atoms with van der Waals surface area (Å²) in [5.41, 5.74) is 4.07. The molecule has 1 heterocycles. The van der Waals surface area contributed by atoms with E-state index in [0.29, 0.717) is 30.8 Å². The van der Waals surface area contributed by atoms with E-state index >= 15 is 0 Å². The number of hydrogen-bond donors (Lipinski definition) is 1. The van der Waals surface area contributed by atoms with Gasteiger partial charge in [-0.2, -0.15) is 0 Å². The van der Waals surface area contributed by atoms with E-state index in [0.717, 1.165) is 24.8 Å². The number of rotatable bonds is 14. The second kappa shape index (κ2) is 14.6. The van der Waals surface area contributed by atoms with Crippen molar-refractivity contribution in [3.8, 4) is 5.75 Å². The third-order valence-corrected chi connectivity index (χ3v) is 7.00. The molecule has 40 heavy (non-hydrogen) atoms. The minimum Gasteiger partial charge on any atom is -0.479 e. The lowest BCUT2D eigenvalue weighted by Gasteiger charge is -2.26. The van der Waals surface area contributed by atoms with Crippen LogP contribution in [-0.4, -0.2) is 46.1 Å². The molecule has 0 spiro atoms. The molecule has 0 fully saturated rings. The first-order valence-corrected chi connectivity index (χ1v) is 13.8. The lowest BCUT2D eigenvalue weighted by molar-refractivity contribution is -0.145. The Balaban J connectivity index is 1.47. The van der Waals surface area contributed by atoms with Crippen molar-refractivity contribution >= 4 is 11.9 Å². The highest BCUT2D eigenvalue weighted by Crippen LogP contribution is 2.28. The second-order valence-electron chi connectivity index (χ2n) is 9.80. The lowest BCUT2D eigenvalue weighted by atomic mass is 9.88. The van der Waals surface area contributed by atoms with Gasteiger partial charge in [-0.3, -0.25) is 9.78 Å². The van der Waals surface area contributed by atoms with Crippen molar-refractivity contribution in [2.45, 2.75) is 44.6 Å². The molecular formula is C34H36N2O4. The summed E-state index contributed by atoms with van der Waals surface area (Å²) in [5, 5.41) is 9.32. The van der Waals surface area contributed by atoms with Crippen LogP contribution < -0.4 is 4.74 Å². The summed E-state index contributed by atoms with van der Waals surface area (Å²) >= 11 is 0. The number of carboxylic acids is 1. The van der Waals surface area contributed by atoms with E-state index in [-0.39, 0.29) is 11.8 Å². The number of amides is 1. The van der Waals surface area contributed by atoms with Gasteiger partial charge in [-0.1, -0.05) is 79.7 Å². The normalized spacial score (nSPS) is 11.7. The van der Waals surface area contributed by atoms with Gasteiger partial charge in [0, 0.05) is 31.4 Å². The van der Waals surface area contributed by atoms with Crippen molar-refractivity contribution in [3.63, 3.8) is 0 Å². The molecule has 0 bridgehead atoms. The Labute approximate surface area is 236 Å². The number of carboxylic acid groups (broad SMARTS) is 1. The molecule has 6 nitrogen and oxygen atoms in total. The molecule has 1 unspecified atom stereocenters. The standard InChI is InChI=1S/C34H36N2O4/c1-2-32(34(38)39)40-30-19-9-12-26(24-30)13-11-22-36(33(37)29-18-10-21-35-25-29)23-20-31(27-14-5-3-6-15-27)28-16-7-4-8-17-28/h3-10,12,14-19,21,24-25,31-32H,2,11,13,20,22-23H2,1H3,(H,38,39). The molecule has 1 N–H and O–H groups in total. The number of nitrogens with zero attached hydrogens (tertiary/aromatic N) is 2. The van der Waals surface area contributed by atoms with Crippen molar-refractivity contribution in [2.24, 2.45) is 0 Å². The number of benzene rings is 3. The maximum atomic E-state index is 13.6. The fraction of sp³-hybridized carbons (Fsp3) is 0.265. The fourth-order valence-corrected chi connectivity index (χ4v) is 4.89. The molecule has 0 aliphatic heterocycles. The molecule has 1 aromatic heterocycles. The number of aromatic nitrogens is 1. The van der Waals surface area contributed by atoms with E-state index in [1.807, 2.05) is 41.3 Å². The van der Waals surface area contributed by atoms with Gasteiger partial charge in [0.05, 0.1) is 5.56 Å². The van der Waals surface area contributed by atoms with Crippen LogP contribution >= 0.6 is 0 Å². The molecule has 4 aromatic rings. The largest absolute Gasteiger partial charge is 0.479 e. The van der Waals surface area contributed by atoms with Crippen LogP contribution in [0.15, 0.2) is 109 Å². The Kier molecular flexibility index (Phi) is 10.4. The predicted molar refractivity (Wildman–Crippen MR) is 157 cm³/mol. The molecule has 0 radical (unpaired) electrons. The summed E-state index contributed by atoms with van der Waals surface area (Å²) in [6.45, 7) is 2.97. The number of pyridine rings is 1. The first kappa shape index (κ1) is 28.6. The average molecular weight is 537 g/mol. The Bertz CT molecular complexity index is 1310. The van der Waals surface area contributed by atoms with Crippen molar-refractivity contribution in [2.75, 3.05) is 13.1 Å². The molecule has 206 valence electrons. The smallest absolute Gasteiger partial charge is 0.344 e. The summed E-state index contributed by atoms with van der Waals surface area (Å²) in [6, 6.07) is 32.0. The number of aryl methyl sites for hydroxylation is 1. The zero-order valence-corrected chi connectivity index (χ0v) is 22.9. The highest BCUT2D eigenvalue weighted by atomic mass is 16.5. The Morgan fingerprint density at radius 3 is 2.17 bits per heavy atom. The summed E-state index contributed by atoms with van der Waals surface area (Å²) in [5.74, 6) is -0.288.